The van der Waals surface area contributed by atoms with E-state index in [0.717, 1.165) is 62.3 Å². The number of methoxy groups -OCH3 is 7. The molecule has 26 nitrogen and oxygen atoms in total. The first-order chi connectivity index (χ1) is 55.0. The van der Waals surface area contributed by atoms with E-state index in [2.05, 4.69) is 21.0 Å². The topological polar surface area (TPSA) is 320 Å². The van der Waals surface area contributed by atoms with Gasteiger partial charge >= 0.3 is 11.7 Å². The number of fused-ring (bicyclic) bond motifs is 4. The number of esters is 1. The molecule has 2 aliphatic heterocycles. The van der Waals surface area contributed by atoms with Gasteiger partial charge in [0.1, 0.15) is 17.1 Å². The van der Waals surface area contributed by atoms with Gasteiger partial charge in [-0.3, -0.25) is 42.8 Å². The SMILES string of the molecule is CCOc1cc(C(CC#N)N2Cc3ccccc3C2=O)ccc1OC.COC(=O)CC(c1ccc(OC)c(OC)c1)N1C(=O)C2=C(CCCC2)C1=O.COc1cc2cc(CO)c(CO)c(-c3ccnc(-n4c(=O)ccc5ccccc54)c3)c2cc1OC.COc1cccc(-n2c(=O)n(Cc3ccccc3)c(=O)c3[nH]cnc32)c1. The summed E-state index contributed by atoms with van der Waals surface area (Å²) < 4.78 is 46.8. The number of H-pyrrole nitrogens is 1. The van der Waals surface area contributed by atoms with Gasteiger partial charge < -0.3 is 58.0 Å². The lowest BCUT2D eigenvalue weighted by molar-refractivity contribution is -0.146. The van der Waals surface area contributed by atoms with Gasteiger partial charge in [0.05, 0.1) is 125 Å². The quantitative estimate of drug-likeness (QED) is 0.0419. The number of aliphatic hydroxyl groups excluding tert-OH is 2. The van der Waals surface area contributed by atoms with Gasteiger partial charge in [0, 0.05) is 41.6 Å². The number of nitrogens with one attached hydrogen (secondary N) is 1. The van der Waals surface area contributed by atoms with Crippen molar-refractivity contribution < 1.29 is 67.3 Å². The minimum Gasteiger partial charge on any atom is -0.497 e. The van der Waals surface area contributed by atoms with Gasteiger partial charge in [-0.1, -0.05) is 84.9 Å². The Balaban J connectivity index is 0.000000141. The Morgan fingerprint density at radius 3 is 1.92 bits per heavy atom. The van der Waals surface area contributed by atoms with Gasteiger partial charge in [-0.2, -0.15) is 5.26 Å². The van der Waals surface area contributed by atoms with Crippen molar-refractivity contribution in [2.24, 2.45) is 0 Å². The predicted molar refractivity (Wildman–Crippen MR) is 423 cm³/mol. The lowest BCUT2D eigenvalue weighted by Crippen LogP contribution is -2.39. The van der Waals surface area contributed by atoms with Crippen LogP contribution in [0.2, 0.25) is 0 Å². The van der Waals surface area contributed by atoms with Gasteiger partial charge in [0.2, 0.25) is 0 Å². The van der Waals surface area contributed by atoms with Crippen LogP contribution < -0.4 is 50.0 Å². The second kappa shape index (κ2) is 35.8. The van der Waals surface area contributed by atoms with Gasteiger partial charge in [-0.15, -0.1) is 0 Å². The third-order valence-corrected chi connectivity index (χ3v) is 19.9. The van der Waals surface area contributed by atoms with Crippen LogP contribution in [0, 0.1) is 11.3 Å². The first kappa shape index (κ1) is 78.9. The molecule has 26 heteroatoms. The van der Waals surface area contributed by atoms with Crippen molar-refractivity contribution in [1.29, 1.82) is 5.26 Å². The number of aromatic nitrogens is 6. The number of pyridine rings is 2. The lowest BCUT2D eigenvalue weighted by Gasteiger charge is -2.27. The zero-order chi connectivity index (χ0) is 80.0. The molecule has 0 saturated carbocycles. The molecule has 0 bridgehead atoms. The highest BCUT2D eigenvalue weighted by atomic mass is 16.5. The standard InChI is InChI=1S/C28H24N2O5.C20H20N2O3.C20H23NO6.C19H16N4O3/c1-34-24-12-19-11-20(15-31)22(16-32)28(21(19)14-25(24)35-2)18-9-10-29-26(13-18)30-23-6-4-3-5-17(23)7-8-27(30)33;1-3-25-19-12-14(8-9-18(19)24-2)17(10-11-21)22-13-15-6-4-5-7-16(15)20(22)23;1-25-16-9-8-12(10-17(16)26-2)15(11-18(22)27-3)21-19(23)13-6-4-5-7-14(13)20(21)24;1-26-15-9-5-8-14(10-15)23-17-16(20-12-21-17)18(24)22(19(23)25)11-13-6-3-2-4-7-13/h3-14,31-32H,15-16H2,1-2H3;4-9,12,17H,3,10,13H2,1-2H3;8-10,15H,4-7,11H2,1-3H3;2-10,12H,11H2,1H3,(H,20,21). The molecule has 0 saturated heterocycles. The highest BCUT2D eigenvalue weighted by Crippen LogP contribution is 2.44. The molecule has 3 aliphatic rings. The number of aliphatic hydroxyl groups is 2. The van der Waals surface area contributed by atoms with E-state index in [1.165, 1.54) is 47.8 Å². The molecule has 0 spiro atoms. The summed E-state index contributed by atoms with van der Waals surface area (Å²) in [6, 6.07) is 55.9. The summed E-state index contributed by atoms with van der Waals surface area (Å²) in [7, 11) is 10.6. The fraction of sp³-hybridized carbons (Fsp3) is 0.241. The van der Waals surface area contributed by atoms with E-state index in [1.807, 2.05) is 134 Å². The molecule has 2 unspecified atom stereocenters. The third kappa shape index (κ3) is 16.3. The van der Waals surface area contributed by atoms with E-state index >= 15 is 0 Å². The van der Waals surface area contributed by atoms with E-state index in [9.17, 15) is 49.0 Å². The number of amides is 3. The number of carbonyl (C=O) groups excluding carboxylic acids is 4. The van der Waals surface area contributed by atoms with Crippen LogP contribution in [0.3, 0.4) is 0 Å². The number of hydrogen-bond donors (Lipinski definition) is 3. The molecule has 0 fully saturated rings. The molecule has 4 aromatic heterocycles. The number of imidazole rings is 1. The Morgan fingerprint density at radius 2 is 1.26 bits per heavy atom. The molecule has 578 valence electrons. The molecule has 8 aromatic carbocycles. The lowest BCUT2D eigenvalue weighted by atomic mass is 9.90. The number of nitriles is 1. The Morgan fingerprint density at radius 1 is 0.602 bits per heavy atom. The number of nitrogens with zero attached hydrogens (tertiary/aromatic N) is 8. The fourth-order valence-corrected chi connectivity index (χ4v) is 14.4. The van der Waals surface area contributed by atoms with Crippen molar-refractivity contribution in [1.82, 2.24) is 38.5 Å². The van der Waals surface area contributed by atoms with Gasteiger partial charge in [0.15, 0.2) is 40.1 Å². The number of carbonyl (C=O) groups is 4. The largest absolute Gasteiger partial charge is 0.497 e. The van der Waals surface area contributed by atoms with Crippen LogP contribution in [-0.2, 0) is 45.4 Å². The van der Waals surface area contributed by atoms with E-state index < -0.39 is 23.3 Å². The Bertz CT molecular complexity index is 5810. The number of rotatable bonds is 22. The molecular formula is C87H83N9O17. The minimum atomic E-state index is -0.761. The summed E-state index contributed by atoms with van der Waals surface area (Å²) in [5.74, 6) is 3.26. The van der Waals surface area contributed by atoms with Crippen LogP contribution in [0.4, 0.5) is 0 Å². The van der Waals surface area contributed by atoms with Gasteiger partial charge in [-0.25, -0.2) is 19.3 Å². The van der Waals surface area contributed by atoms with E-state index in [1.54, 1.807) is 92.6 Å². The molecule has 3 N–H and O–H groups in total. The van der Waals surface area contributed by atoms with E-state index in [0.29, 0.717) is 111 Å². The van der Waals surface area contributed by atoms with Crippen LogP contribution in [0.15, 0.2) is 220 Å². The molecular weight excluding hydrogens is 1440 g/mol. The molecule has 113 heavy (non-hydrogen) atoms. The molecule has 1 aliphatic carbocycles. The summed E-state index contributed by atoms with van der Waals surface area (Å²) in [6.07, 6.45) is 6.14. The first-order valence-corrected chi connectivity index (χ1v) is 36.3. The maximum Gasteiger partial charge on any atom is 0.337 e. The number of hydrogen-bond acceptors (Lipinski definition) is 20. The minimum absolute atomic E-state index is 0.0374. The number of aromatic amines is 1. The summed E-state index contributed by atoms with van der Waals surface area (Å²) >= 11 is 0. The molecule has 12 aromatic rings. The average Bonchev–Trinajstić information content (AvgIpc) is 1.74. The average molecular weight is 1530 g/mol. The van der Waals surface area contributed by atoms with Crippen molar-refractivity contribution in [3.63, 3.8) is 0 Å². The van der Waals surface area contributed by atoms with Gasteiger partial charge in [0.25, 0.3) is 28.8 Å². The summed E-state index contributed by atoms with van der Waals surface area (Å²) in [4.78, 5) is 104. The number of para-hydroxylation sites is 1. The second-order valence-electron chi connectivity index (χ2n) is 26.3. The van der Waals surface area contributed by atoms with Crippen molar-refractivity contribution in [3.8, 4) is 68.9 Å². The molecule has 2 atom stereocenters. The zero-order valence-corrected chi connectivity index (χ0v) is 63.5. The van der Waals surface area contributed by atoms with Gasteiger partial charge in [-0.05, 0) is 178 Å². The van der Waals surface area contributed by atoms with Crippen molar-refractivity contribution in [2.45, 2.75) is 83.8 Å². The van der Waals surface area contributed by atoms with Crippen LogP contribution in [0.5, 0.6) is 40.2 Å². The highest BCUT2D eigenvalue weighted by Gasteiger charge is 2.44. The normalized spacial score (nSPS) is 13.3. The van der Waals surface area contributed by atoms with Crippen LogP contribution in [0.1, 0.15) is 101 Å². The Labute approximate surface area is 649 Å². The van der Waals surface area contributed by atoms with Crippen molar-refractivity contribution in [3.05, 3.63) is 276 Å². The molecule has 6 heterocycles. The van der Waals surface area contributed by atoms with E-state index in [4.69, 9.17) is 37.9 Å². The smallest absolute Gasteiger partial charge is 0.337 e. The maximum absolute atomic E-state index is 13.1. The van der Waals surface area contributed by atoms with Crippen LogP contribution in [0.25, 0.3) is 55.5 Å². The monoisotopic (exact) mass is 1530 g/mol. The number of ether oxygens (including phenoxy) is 8. The second-order valence-corrected chi connectivity index (χ2v) is 26.3. The first-order valence-electron chi connectivity index (χ1n) is 36.3. The van der Waals surface area contributed by atoms with Crippen LogP contribution >= 0.6 is 0 Å². The zero-order valence-electron chi connectivity index (χ0n) is 63.5. The van der Waals surface area contributed by atoms with Crippen LogP contribution in [-0.4, -0.2) is 129 Å². The summed E-state index contributed by atoms with van der Waals surface area (Å²) in [6.45, 7) is 2.58. The maximum atomic E-state index is 13.1. The van der Waals surface area contributed by atoms with Crippen molar-refractivity contribution >= 4 is 56.5 Å². The predicted octanol–water partition coefficient (Wildman–Crippen LogP) is 12.4. The number of benzene rings is 8. The Hall–Kier alpha value is -13.6. The van der Waals surface area contributed by atoms with E-state index in [-0.39, 0.29) is 73.1 Å². The molecule has 15 rings (SSSR count). The summed E-state index contributed by atoms with van der Waals surface area (Å²) in [5, 5.41) is 32.2. The number of imide groups is 1. The Kier molecular flexibility index (Phi) is 25.0. The fourth-order valence-electron chi connectivity index (χ4n) is 14.4. The van der Waals surface area contributed by atoms with Crippen molar-refractivity contribution in [2.75, 3.05) is 56.4 Å². The summed E-state index contributed by atoms with van der Waals surface area (Å²) in [5.41, 5.74) is 8.72. The highest BCUT2D eigenvalue weighted by molar-refractivity contribution is 6.20. The molecule has 3 amide bonds. The molecule has 0 radical (unpaired) electrons. The third-order valence-electron chi connectivity index (χ3n) is 19.9.